The number of fused-ring (bicyclic) bond motifs is 2. The van der Waals surface area contributed by atoms with E-state index >= 15 is 0 Å². The van der Waals surface area contributed by atoms with Gasteiger partial charge in [-0.25, -0.2) is 0 Å². The number of carbonyl (C=O) groups is 4. The summed E-state index contributed by atoms with van der Waals surface area (Å²) in [4.78, 5) is 50.4. The molecule has 0 aliphatic carbocycles. The molecule has 0 radical (unpaired) electrons. The number of benzene rings is 2. The molecule has 2 unspecified atom stereocenters. The fourth-order valence-corrected chi connectivity index (χ4v) is 4.60. The van der Waals surface area contributed by atoms with E-state index in [1.807, 2.05) is 6.07 Å². The van der Waals surface area contributed by atoms with Crippen LogP contribution in [0.2, 0.25) is 0 Å². The predicted octanol–water partition coefficient (Wildman–Crippen LogP) is 1.54. The fraction of sp³-hybridized carbons (Fsp3) is 0.333. The maximum atomic E-state index is 13.0. The molecule has 0 aromatic heterocycles. The van der Waals surface area contributed by atoms with E-state index in [0.717, 1.165) is 23.6 Å². The monoisotopic (exact) mass is 432 g/mol. The molecule has 0 spiro atoms. The van der Waals surface area contributed by atoms with Gasteiger partial charge in [0.25, 0.3) is 11.8 Å². The van der Waals surface area contributed by atoms with Gasteiger partial charge in [-0.15, -0.1) is 0 Å². The number of hydrogen-bond acceptors (Lipinski definition) is 6. The van der Waals surface area contributed by atoms with Gasteiger partial charge < -0.3 is 10.6 Å². The van der Waals surface area contributed by atoms with Crippen molar-refractivity contribution in [1.29, 1.82) is 0 Å². The molecule has 3 heterocycles. The maximum absolute atomic E-state index is 13.0. The van der Waals surface area contributed by atoms with Gasteiger partial charge in [-0.3, -0.25) is 29.4 Å². The second kappa shape index (κ2) is 7.96. The third kappa shape index (κ3) is 3.51. The number of amides is 4. The van der Waals surface area contributed by atoms with Crippen LogP contribution in [-0.2, 0) is 29.2 Å². The standard InChI is InChI=1S/C24H24N4O4/c1-13(15-3-4-16-11-25-12-17(16)9-15)26-10-14-2-5-18-19(8-14)24(32)28(23(18)31)20-6-7-21(29)27-22(20)30/h2-5,8-9,13,20,25-26H,6-7,10-12H2,1H3,(H,27,29,30). The Morgan fingerprint density at radius 2 is 1.78 bits per heavy atom. The molecule has 164 valence electrons. The number of piperidine rings is 1. The molecule has 32 heavy (non-hydrogen) atoms. The average Bonchev–Trinajstić information content (AvgIpc) is 3.35. The highest BCUT2D eigenvalue weighted by Gasteiger charge is 2.44. The van der Waals surface area contributed by atoms with Gasteiger partial charge in [0.2, 0.25) is 11.8 Å². The van der Waals surface area contributed by atoms with E-state index in [4.69, 9.17) is 0 Å². The molecule has 2 aromatic carbocycles. The van der Waals surface area contributed by atoms with Crippen molar-refractivity contribution in [3.8, 4) is 0 Å². The van der Waals surface area contributed by atoms with Crippen LogP contribution in [0.5, 0.6) is 0 Å². The predicted molar refractivity (Wildman–Crippen MR) is 115 cm³/mol. The molecule has 3 aliphatic rings. The first-order valence-electron chi connectivity index (χ1n) is 10.8. The summed E-state index contributed by atoms with van der Waals surface area (Å²) in [5.41, 5.74) is 5.33. The molecule has 4 amide bonds. The van der Waals surface area contributed by atoms with Crippen LogP contribution in [0, 0.1) is 0 Å². The minimum atomic E-state index is -0.948. The Bertz CT molecular complexity index is 1160. The van der Waals surface area contributed by atoms with E-state index in [2.05, 4.69) is 41.1 Å². The first-order valence-corrected chi connectivity index (χ1v) is 10.8. The Morgan fingerprint density at radius 1 is 1.00 bits per heavy atom. The Balaban J connectivity index is 1.29. The molecule has 2 aromatic rings. The van der Waals surface area contributed by atoms with Crippen molar-refractivity contribution in [3.05, 3.63) is 69.8 Å². The van der Waals surface area contributed by atoms with Crippen molar-refractivity contribution in [1.82, 2.24) is 20.9 Å². The zero-order chi connectivity index (χ0) is 22.4. The number of carbonyl (C=O) groups excluding carboxylic acids is 4. The second-order valence-electron chi connectivity index (χ2n) is 8.56. The van der Waals surface area contributed by atoms with Crippen molar-refractivity contribution >= 4 is 23.6 Å². The van der Waals surface area contributed by atoms with Crippen LogP contribution >= 0.6 is 0 Å². The zero-order valence-corrected chi connectivity index (χ0v) is 17.7. The Kier molecular flexibility index (Phi) is 5.11. The summed E-state index contributed by atoms with van der Waals surface area (Å²) >= 11 is 0. The lowest BCUT2D eigenvalue weighted by Gasteiger charge is -2.27. The SMILES string of the molecule is CC(NCc1ccc2c(c1)C(=O)N(C1CCC(=O)NC1=O)C2=O)c1ccc2c(c1)CNC2. The van der Waals surface area contributed by atoms with Gasteiger partial charge in [0.1, 0.15) is 6.04 Å². The van der Waals surface area contributed by atoms with Crippen molar-refractivity contribution in [2.24, 2.45) is 0 Å². The molecular formula is C24H24N4O4. The van der Waals surface area contributed by atoms with Crippen LogP contribution in [0.3, 0.4) is 0 Å². The molecule has 5 rings (SSSR count). The molecule has 0 saturated carbocycles. The van der Waals surface area contributed by atoms with Crippen LogP contribution in [0.4, 0.5) is 0 Å². The molecule has 3 N–H and O–H groups in total. The van der Waals surface area contributed by atoms with Crippen molar-refractivity contribution in [2.75, 3.05) is 0 Å². The highest BCUT2D eigenvalue weighted by molar-refractivity contribution is 6.23. The summed E-state index contributed by atoms with van der Waals surface area (Å²) in [6.07, 6.45) is 0.258. The zero-order valence-electron chi connectivity index (χ0n) is 17.7. The minimum Gasteiger partial charge on any atom is -0.309 e. The van der Waals surface area contributed by atoms with Gasteiger partial charge in [-0.05, 0) is 47.7 Å². The van der Waals surface area contributed by atoms with E-state index in [-0.39, 0.29) is 24.8 Å². The maximum Gasteiger partial charge on any atom is 0.262 e. The van der Waals surface area contributed by atoms with E-state index < -0.39 is 23.8 Å². The van der Waals surface area contributed by atoms with E-state index in [0.29, 0.717) is 17.7 Å². The summed E-state index contributed by atoms with van der Waals surface area (Å²) in [7, 11) is 0. The number of imide groups is 2. The normalized spacial score (nSPS) is 20.9. The number of hydrogen-bond donors (Lipinski definition) is 3. The molecule has 8 heteroatoms. The highest BCUT2D eigenvalue weighted by Crippen LogP contribution is 2.28. The Morgan fingerprint density at radius 3 is 2.59 bits per heavy atom. The quantitative estimate of drug-likeness (QED) is 0.619. The van der Waals surface area contributed by atoms with Crippen LogP contribution < -0.4 is 16.0 Å². The molecule has 0 bridgehead atoms. The number of nitrogens with zero attached hydrogens (tertiary/aromatic N) is 1. The summed E-state index contributed by atoms with van der Waals surface area (Å²) < 4.78 is 0. The molecule has 8 nitrogen and oxygen atoms in total. The summed E-state index contributed by atoms with van der Waals surface area (Å²) in [5.74, 6) is -1.96. The van der Waals surface area contributed by atoms with E-state index in [9.17, 15) is 19.2 Å². The summed E-state index contributed by atoms with van der Waals surface area (Å²) in [6.45, 7) is 4.43. The Hall–Kier alpha value is -3.36. The van der Waals surface area contributed by atoms with Gasteiger partial charge in [0, 0.05) is 32.1 Å². The number of rotatable bonds is 5. The largest absolute Gasteiger partial charge is 0.309 e. The lowest BCUT2D eigenvalue weighted by atomic mass is 10.0. The van der Waals surface area contributed by atoms with Crippen LogP contribution in [0.15, 0.2) is 36.4 Å². The smallest absolute Gasteiger partial charge is 0.262 e. The van der Waals surface area contributed by atoms with Crippen molar-refractivity contribution in [2.45, 2.75) is 51.5 Å². The topological polar surface area (TPSA) is 108 Å². The first-order chi connectivity index (χ1) is 15.4. The lowest BCUT2D eigenvalue weighted by molar-refractivity contribution is -0.136. The second-order valence-corrected chi connectivity index (χ2v) is 8.56. The molecule has 3 aliphatic heterocycles. The first kappa shape index (κ1) is 20.5. The fourth-order valence-electron chi connectivity index (χ4n) is 4.60. The van der Waals surface area contributed by atoms with Crippen molar-refractivity contribution in [3.63, 3.8) is 0 Å². The van der Waals surface area contributed by atoms with E-state index in [1.54, 1.807) is 12.1 Å². The summed E-state index contributed by atoms with van der Waals surface area (Å²) in [5, 5.41) is 9.04. The Labute approximate surface area is 185 Å². The minimum absolute atomic E-state index is 0.107. The van der Waals surface area contributed by atoms with Crippen LogP contribution in [0.1, 0.15) is 68.8 Å². The molecule has 2 atom stereocenters. The molecule has 1 fully saturated rings. The van der Waals surface area contributed by atoms with Gasteiger partial charge >= 0.3 is 0 Å². The third-order valence-electron chi connectivity index (χ3n) is 6.48. The van der Waals surface area contributed by atoms with Crippen molar-refractivity contribution < 1.29 is 19.2 Å². The van der Waals surface area contributed by atoms with Gasteiger partial charge in [0.15, 0.2) is 0 Å². The molecular weight excluding hydrogens is 408 g/mol. The van der Waals surface area contributed by atoms with Crippen LogP contribution in [0.25, 0.3) is 0 Å². The number of nitrogens with one attached hydrogen (secondary N) is 3. The van der Waals surface area contributed by atoms with Gasteiger partial charge in [0.05, 0.1) is 11.1 Å². The van der Waals surface area contributed by atoms with E-state index in [1.165, 1.54) is 16.7 Å². The summed E-state index contributed by atoms with van der Waals surface area (Å²) in [6, 6.07) is 10.9. The van der Waals surface area contributed by atoms with Gasteiger partial charge in [-0.1, -0.05) is 24.3 Å². The van der Waals surface area contributed by atoms with Gasteiger partial charge in [-0.2, -0.15) is 0 Å². The molecule has 1 saturated heterocycles. The highest BCUT2D eigenvalue weighted by atomic mass is 16.2. The average molecular weight is 432 g/mol. The lowest BCUT2D eigenvalue weighted by Crippen LogP contribution is -2.54. The third-order valence-corrected chi connectivity index (χ3v) is 6.48. The van der Waals surface area contributed by atoms with Crippen LogP contribution in [-0.4, -0.2) is 34.6 Å².